The lowest BCUT2D eigenvalue weighted by molar-refractivity contribution is 0.139. The molecule has 0 saturated carbocycles. The second-order valence-electron chi connectivity index (χ2n) is 3.27. The first-order valence-corrected chi connectivity index (χ1v) is 4.49. The van der Waals surface area contributed by atoms with Crippen molar-refractivity contribution >= 4 is 0 Å². The van der Waals surface area contributed by atoms with Gasteiger partial charge in [0.1, 0.15) is 0 Å². The largest absolute Gasteiger partial charge is 0.393 e. The average Bonchev–Trinajstić information content (AvgIpc) is 2.00. The lowest BCUT2D eigenvalue weighted by atomic mass is 9.97. The van der Waals surface area contributed by atoms with Gasteiger partial charge in [-0.25, -0.2) is 0 Å². The molecule has 0 aliphatic carbocycles. The minimum atomic E-state index is -0.102. The minimum Gasteiger partial charge on any atom is -0.393 e. The van der Waals surface area contributed by atoms with Crippen molar-refractivity contribution in [2.75, 3.05) is 0 Å². The van der Waals surface area contributed by atoms with Gasteiger partial charge in [0.25, 0.3) is 0 Å². The van der Waals surface area contributed by atoms with Crippen molar-refractivity contribution in [3.63, 3.8) is 0 Å². The molecule has 1 N–H and O–H groups in total. The van der Waals surface area contributed by atoms with E-state index in [1.54, 1.807) is 0 Å². The Labute approximate surface area is 70.1 Å². The Hall–Kier alpha value is -0.300. The van der Waals surface area contributed by atoms with E-state index in [1.807, 2.05) is 13.0 Å². The first-order chi connectivity index (χ1) is 5.20. The molecule has 66 valence electrons. The molecule has 0 saturated heterocycles. The molecular formula is C10H20O. The van der Waals surface area contributed by atoms with Crippen LogP contribution in [0.1, 0.15) is 39.5 Å². The maximum atomic E-state index is 9.30. The zero-order valence-corrected chi connectivity index (χ0v) is 7.71. The lowest BCUT2D eigenvalue weighted by Gasteiger charge is -2.13. The topological polar surface area (TPSA) is 20.2 Å². The number of hydrogen-bond donors (Lipinski definition) is 1. The third-order valence-corrected chi connectivity index (χ3v) is 2.01. The third-order valence-electron chi connectivity index (χ3n) is 2.01. The van der Waals surface area contributed by atoms with Crippen LogP contribution < -0.4 is 0 Å². The van der Waals surface area contributed by atoms with Crippen LogP contribution in [-0.4, -0.2) is 11.2 Å². The van der Waals surface area contributed by atoms with Crippen molar-refractivity contribution in [1.29, 1.82) is 0 Å². The van der Waals surface area contributed by atoms with Crippen LogP contribution in [0.5, 0.6) is 0 Å². The minimum absolute atomic E-state index is 0.102. The van der Waals surface area contributed by atoms with Gasteiger partial charge in [-0.1, -0.05) is 19.9 Å². The summed E-state index contributed by atoms with van der Waals surface area (Å²) < 4.78 is 0. The fourth-order valence-electron chi connectivity index (χ4n) is 1.15. The molecule has 0 radical (unpaired) electrons. The summed E-state index contributed by atoms with van der Waals surface area (Å²) in [5, 5.41) is 9.30. The van der Waals surface area contributed by atoms with Gasteiger partial charge in [-0.15, -0.1) is 6.58 Å². The number of rotatable bonds is 6. The lowest BCUT2D eigenvalue weighted by Crippen LogP contribution is -2.09. The van der Waals surface area contributed by atoms with Gasteiger partial charge in [-0.05, 0) is 31.6 Å². The molecule has 0 rings (SSSR count). The van der Waals surface area contributed by atoms with E-state index in [4.69, 9.17) is 0 Å². The Kier molecular flexibility index (Phi) is 6.24. The van der Waals surface area contributed by atoms with Crippen LogP contribution in [0.4, 0.5) is 0 Å². The van der Waals surface area contributed by atoms with Crippen LogP contribution in [0.25, 0.3) is 0 Å². The quantitative estimate of drug-likeness (QED) is 0.586. The Bertz CT molecular complexity index is 99.0. The van der Waals surface area contributed by atoms with E-state index in [0.717, 1.165) is 25.7 Å². The maximum absolute atomic E-state index is 9.30. The van der Waals surface area contributed by atoms with E-state index in [2.05, 4.69) is 13.5 Å². The summed E-state index contributed by atoms with van der Waals surface area (Å²) in [6.45, 7) is 7.87. The van der Waals surface area contributed by atoms with Crippen molar-refractivity contribution in [3.05, 3.63) is 12.7 Å². The molecule has 0 aliphatic heterocycles. The summed E-state index contributed by atoms with van der Waals surface area (Å²) >= 11 is 0. The molecule has 0 bridgehead atoms. The van der Waals surface area contributed by atoms with Gasteiger partial charge in [0.15, 0.2) is 0 Å². The number of aliphatic hydroxyl groups is 1. The normalized spacial score (nSPS) is 15.9. The summed E-state index contributed by atoms with van der Waals surface area (Å²) in [5.74, 6) is 0.628. The Morgan fingerprint density at radius 2 is 2.18 bits per heavy atom. The molecule has 0 fully saturated rings. The fourth-order valence-corrected chi connectivity index (χ4v) is 1.15. The molecule has 2 atom stereocenters. The van der Waals surface area contributed by atoms with Crippen molar-refractivity contribution in [3.8, 4) is 0 Å². The van der Waals surface area contributed by atoms with E-state index >= 15 is 0 Å². The predicted octanol–water partition coefficient (Wildman–Crippen LogP) is 2.75. The number of aliphatic hydroxyl groups excluding tert-OH is 1. The van der Waals surface area contributed by atoms with Gasteiger partial charge >= 0.3 is 0 Å². The number of hydrogen-bond acceptors (Lipinski definition) is 1. The molecule has 0 heterocycles. The molecule has 1 heteroatoms. The van der Waals surface area contributed by atoms with E-state index < -0.39 is 0 Å². The summed E-state index contributed by atoms with van der Waals surface area (Å²) in [5.41, 5.74) is 0. The molecule has 0 aromatic carbocycles. The zero-order valence-electron chi connectivity index (χ0n) is 7.71. The molecule has 0 aromatic rings. The molecule has 0 aliphatic rings. The van der Waals surface area contributed by atoms with E-state index in [9.17, 15) is 5.11 Å². The van der Waals surface area contributed by atoms with Crippen LogP contribution in [-0.2, 0) is 0 Å². The van der Waals surface area contributed by atoms with E-state index in [0.29, 0.717) is 5.92 Å². The van der Waals surface area contributed by atoms with Crippen LogP contribution in [0.3, 0.4) is 0 Å². The van der Waals surface area contributed by atoms with Crippen LogP contribution in [0.2, 0.25) is 0 Å². The molecule has 0 unspecified atom stereocenters. The zero-order chi connectivity index (χ0) is 8.69. The Morgan fingerprint density at radius 3 is 2.64 bits per heavy atom. The number of allylic oxidation sites excluding steroid dienone is 1. The highest BCUT2D eigenvalue weighted by molar-refractivity contribution is 4.69. The van der Waals surface area contributed by atoms with Gasteiger partial charge < -0.3 is 5.11 Å². The molecular weight excluding hydrogens is 136 g/mol. The Morgan fingerprint density at radius 1 is 1.55 bits per heavy atom. The summed E-state index contributed by atoms with van der Waals surface area (Å²) in [7, 11) is 0. The second kappa shape index (κ2) is 6.41. The van der Waals surface area contributed by atoms with Gasteiger partial charge in [-0.2, -0.15) is 0 Å². The van der Waals surface area contributed by atoms with Gasteiger partial charge in [0.2, 0.25) is 0 Å². The molecule has 0 spiro atoms. The average molecular weight is 156 g/mol. The monoisotopic (exact) mass is 156 g/mol. The fraction of sp³-hybridized carbons (Fsp3) is 0.800. The SMILES string of the molecule is C=CCC[C@H](C)C[C@@H](O)CC. The van der Waals surface area contributed by atoms with Crippen molar-refractivity contribution in [2.45, 2.75) is 45.6 Å². The smallest absolute Gasteiger partial charge is 0.0540 e. The van der Waals surface area contributed by atoms with Crippen LogP contribution in [0.15, 0.2) is 12.7 Å². The van der Waals surface area contributed by atoms with Crippen molar-refractivity contribution in [1.82, 2.24) is 0 Å². The molecule has 0 aromatic heterocycles. The van der Waals surface area contributed by atoms with Gasteiger partial charge in [0, 0.05) is 0 Å². The van der Waals surface area contributed by atoms with E-state index in [1.165, 1.54) is 0 Å². The first-order valence-electron chi connectivity index (χ1n) is 4.49. The van der Waals surface area contributed by atoms with Gasteiger partial charge in [-0.3, -0.25) is 0 Å². The van der Waals surface area contributed by atoms with Gasteiger partial charge in [0.05, 0.1) is 6.10 Å². The Balaban J connectivity index is 3.34. The van der Waals surface area contributed by atoms with Crippen molar-refractivity contribution < 1.29 is 5.11 Å². The molecule has 1 nitrogen and oxygen atoms in total. The highest BCUT2D eigenvalue weighted by atomic mass is 16.3. The van der Waals surface area contributed by atoms with Crippen LogP contribution in [0, 0.1) is 5.92 Å². The first kappa shape index (κ1) is 10.7. The summed E-state index contributed by atoms with van der Waals surface area (Å²) in [6.07, 6.45) is 5.87. The molecule has 11 heavy (non-hydrogen) atoms. The van der Waals surface area contributed by atoms with Crippen molar-refractivity contribution in [2.24, 2.45) is 5.92 Å². The highest BCUT2D eigenvalue weighted by Gasteiger charge is 2.06. The maximum Gasteiger partial charge on any atom is 0.0540 e. The predicted molar refractivity (Wildman–Crippen MR) is 49.5 cm³/mol. The summed E-state index contributed by atoms with van der Waals surface area (Å²) in [6, 6.07) is 0. The standard InChI is InChI=1S/C10H20O/c1-4-6-7-9(3)8-10(11)5-2/h4,9-11H,1,5-8H2,2-3H3/t9-,10-/m0/s1. The molecule has 0 amide bonds. The highest BCUT2D eigenvalue weighted by Crippen LogP contribution is 2.14. The van der Waals surface area contributed by atoms with E-state index in [-0.39, 0.29) is 6.10 Å². The summed E-state index contributed by atoms with van der Waals surface area (Å²) in [4.78, 5) is 0. The third kappa shape index (κ3) is 6.11. The van der Waals surface area contributed by atoms with Crippen LogP contribution >= 0.6 is 0 Å². The second-order valence-corrected chi connectivity index (χ2v) is 3.27.